The van der Waals surface area contributed by atoms with Crippen LogP contribution in [0.2, 0.25) is 0 Å². The number of amides is 1. The highest BCUT2D eigenvalue weighted by molar-refractivity contribution is 5.84. The van der Waals surface area contributed by atoms with Crippen LogP contribution in [0.4, 0.5) is 5.82 Å². The Balaban J connectivity index is 2.31. The lowest BCUT2D eigenvalue weighted by Gasteiger charge is -2.10. The van der Waals surface area contributed by atoms with Crippen molar-refractivity contribution in [3.05, 3.63) is 18.1 Å². The van der Waals surface area contributed by atoms with Gasteiger partial charge < -0.3 is 15.3 Å². The number of hydrogen-bond acceptors (Lipinski definition) is 5. The molecule has 1 aromatic rings. The highest BCUT2D eigenvalue weighted by Crippen LogP contribution is 2.02. The molecule has 1 amide bonds. The number of carboxylic acids is 1. The normalized spacial score (nSPS) is 9.89. The maximum atomic E-state index is 11.3. The van der Waals surface area contributed by atoms with Crippen LogP contribution in [0, 0.1) is 0 Å². The first-order valence-electron chi connectivity index (χ1n) is 5.50. The quantitative estimate of drug-likeness (QED) is 0.714. The van der Waals surface area contributed by atoms with Crippen molar-refractivity contribution < 1.29 is 14.7 Å². The largest absolute Gasteiger partial charge is 0.476 e. The molecule has 0 unspecified atom stereocenters. The third kappa shape index (κ3) is 4.36. The molecule has 0 saturated carbocycles. The number of hydrogen-bond donors (Lipinski definition) is 2. The molecule has 98 valence electrons. The van der Waals surface area contributed by atoms with E-state index in [0.717, 1.165) is 0 Å². The first-order valence-corrected chi connectivity index (χ1v) is 5.50. The number of rotatable bonds is 6. The van der Waals surface area contributed by atoms with Crippen molar-refractivity contribution >= 4 is 17.7 Å². The summed E-state index contributed by atoms with van der Waals surface area (Å²) in [4.78, 5) is 31.0. The van der Waals surface area contributed by atoms with E-state index in [1.54, 1.807) is 19.0 Å². The molecule has 1 rings (SSSR count). The van der Waals surface area contributed by atoms with Crippen molar-refractivity contribution in [2.24, 2.45) is 0 Å². The second kappa shape index (κ2) is 6.53. The Morgan fingerprint density at radius 3 is 2.56 bits per heavy atom. The number of carboxylic acid groups (broad SMARTS) is 1. The second-order valence-corrected chi connectivity index (χ2v) is 3.91. The number of aromatic nitrogens is 2. The lowest BCUT2D eigenvalue weighted by molar-refractivity contribution is -0.128. The predicted molar refractivity (Wildman–Crippen MR) is 65.4 cm³/mol. The van der Waals surface area contributed by atoms with E-state index >= 15 is 0 Å². The molecule has 0 aliphatic carbocycles. The highest BCUT2D eigenvalue weighted by Gasteiger charge is 2.05. The SMILES string of the molecule is CN(C)C(=O)CCCNc1cnc(C(=O)O)cn1. The van der Waals surface area contributed by atoms with Crippen LogP contribution >= 0.6 is 0 Å². The highest BCUT2D eigenvalue weighted by atomic mass is 16.4. The van der Waals surface area contributed by atoms with Crippen LogP contribution in [-0.4, -0.2) is 52.5 Å². The molecule has 0 saturated heterocycles. The minimum Gasteiger partial charge on any atom is -0.476 e. The van der Waals surface area contributed by atoms with Gasteiger partial charge in [0, 0.05) is 27.1 Å². The van der Waals surface area contributed by atoms with Gasteiger partial charge >= 0.3 is 5.97 Å². The monoisotopic (exact) mass is 252 g/mol. The van der Waals surface area contributed by atoms with Crippen molar-refractivity contribution in [3.8, 4) is 0 Å². The summed E-state index contributed by atoms with van der Waals surface area (Å²) in [5, 5.41) is 11.6. The van der Waals surface area contributed by atoms with Gasteiger partial charge in [-0.05, 0) is 6.42 Å². The van der Waals surface area contributed by atoms with Gasteiger partial charge in [0.2, 0.25) is 5.91 Å². The van der Waals surface area contributed by atoms with Crippen molar-refractivity contribution in [3.63, 3.8) is 0 Å². The zero-order valence-corrected chi connectivity index (χ0v) is 10.4. The maximum Gasteiger partial charge on any atom is 0.356 e. The van der Waals surface area contributed by atoms with Crippen LogP contribution in [0.1, 0.15) is 23.3 Å². The van der Waals surface area contributed by atoms with Crippen molar-refractivity contribution in [2.45, 2.75) is 12.8 Å². The van der Waals surface area contributed by atoms with E-state index in [9.17, 15) is 9.59 Å². The number of aromatic carboxylic acids is 1. The number of nitrogens with zero attached hydrogens (tertiary/aromatic N) is 3. The average Bonchev–Trinajstić information content (AvgIpc) is 2.34. The van der Waals surface area contributed by atoms with Gasteiger partial charge in [-0.15, -0.1) is 0 Å². The molecule has 0 bridgehead atoms. The van der Waals surface area contributed by atoms with Crippen LogP contribution in [0.3, 0.4) is 0 Å². The van der Waals surface area contributed by atoms with Gasteiger partial charge in [0.1, 0.15) is 5.82 Å². The van der Waals surface area contributed by atoms with Crippen molar-refractivity contribution in [2.75, 3.05) is 26.0 Å². The lowest BCUT2D eigenvalue weighted by atomic mass is 10.3. The van der Waals surface area contributed by atoms with E-state index in [1.165, 1.54) is 12.4 Å². The van der Waals surface area contributed by atoms with Crippen LogP contribution < -0.4 is 5.32 Å². The third-order valence-corrected chi connectivity index (χ3v) is 2.24. The van der Waals surface area contributed by atoms with Gasteiger partial charge in [-0.2, -0.15) is 0 Å². The number of carbonyl (C=O) groups excluding carboxylic acids is 1. The van der Waals surface area contributed by atoms with Crippen molar-refractivity contribution in [1.82, 2.24) is 14.9 Å². The molecule has 0 aliphatic heterocycles. The van der Waals surface area contributed by atoms with Gasteiger partial charge in [0.25, 0.3) is 0 Å². The predicted octanol–water partition coefficient (Wildman–Crippen LogP) is 0.455. The standard InChI is InChI=1S/C11H16N4O3/c1-15(2)10(16)4-3-5-12-9-7-13-8(6-14-9)11(17)18/h6-7H,3-5H2,1-2H3,(H,12,14)(H,17,18). The molecule has 7 heteroatoms. The Bertz CT molecular complexity index is 417. The van der Waals surface area contributed by atoms with Gasteiger partial charge in [-0.1, -0.05) is 0 Å². The Morgan fingerprint density at radius 2 is 2.06 bits per heavy atom. The summed E-state index contributed by atoms with van der Waals surface area (Å²) >= 11 is 0. The smallest absolute Gasteiger partial charge is 0.356 e. The van der Waals surface area contributed by atoms with Crippen molar-refractivity contribution in [1.29, 1.82) is 0 Å². The molecule has 7 nitrogen and oxygen atoms in total. The number of anilines is 1. The summed E-state index contributed by atoms with van der Waals surface area (Å²) in [5.41, 5.74) is -0.0941. The first-order chi connectivity index (χ1) is 8.50. The van der Waals surface area contributed by atoms with Gasteiger partial charge in [-0.25, -0.2) is 14.8 Å². The third-order valence-electron chi connectivity index (χ3n) is 2.24. The molecule has 0 fully saturated rings. The molecule has 0 aromatic carbocycles. The average molecular weight is 252 g/mol. The Labute approximate surface area is 105 Å². The molecule has 1 aromatic heterocycles. The molecule has 0 aliphatic rings. The Morgan fingerprint density at radius 1 is 1.33 bits per heavy atom. The summed E-state index contributed by atoms with van der Waals surface area (Å²) in [6.45, 7) is 0.584. The summed E-state index contributed by atoms with van der Waals surface area (Å²) in [5.74, 6) is -0.535. The lowest BCUT2D eigenvalue weighted by Crippen LogP contribution is -2.22. The van der Waals surface area contributed by atoms with E-state index in [0.29, 0.717) is 25.2 Å². The van der Waals surface area contributed by atoms with E-state index in [-0.39, 0.29) is 11.6 Å². The molecular weight excluding hydrogens is 236 g/mol. The zero-order valence-electron chi connectivity index (χ0n) is 10.4. The molecule has 0 spiro atoms. The van der Waals surface area contributed by atoms with Gasteiger partial charge in [0.05, 0.1) is 12.4 Å². The van der Waals surface area contributed by atoms with Crippen LogP contribution in [0.25, 0.3) is 0 Å². The van der Waals surface area contributed by atoms with Crippen LogP contribution in [-0.2, 0) is 4.79 Å². The van der Waals surface area contributed by atoms with E-state index < -0.39 is 5.97 Å². The minimum atomic E-state index is -1.11. The second-order valence-electron chi connectivity index (χ2n) is 3.91. The Kier molecular flexibility index (Phi) is 5.04. The fourth-order valence-corrected chi connectivity index (χ4v) is 1.21. The number of nitrogens with one attached hydrogen (secondary N) is 1. The van der Waals surface area contributed by atoms with Gasteiger partial charge in [-0.3, -0.25) is 4.79 Å². The van der Waals surface area contributed by atoms with E-state index in [2.05, 4.69) is 15.3 Å². The summed E-state index contributed by atoms with van der Waals surface area (Å²) in [6, 6.07) is 0. The number of carbonyl (C=O) groups is 2. The molecular formula is C11H16N4O3. The molecule has 2 N–H and O–H groups in total. The van der Waals surface area contributed by atoms with Crippen LogP contribution in [0.5, 0.6) is 0 Å². The minimum absolute atomic E-state index is 0.0732. The maximum absolute atomic E-state index is 11.3. The molecule has 18 heavy (non-hydrogen) atoms. The summed E-state index contributed by atoms with van der Waals surface area (Å²) < 4.78 is 0. The van der Waals surface area contributed by atoms with Crippen LogP contribution in [0.15, 0.2) is 12.4 Å². The fraction of sp³-hybridized carbons (Fsp3) is 0.455. The molecule has 0 atom stereocenters. The molecule has 0 radical (unpaired) electrons. The topological polar surface area (TPSA) is 95.4 Å². The zero-order chi connectivity index (χ0) is 13.5. The fourth-order valence-electron chi connectivity index (χ4n) is 1.21. The van der Waals surface area contributed by atoms with E-state index in [1.807, 2.05) is 0 Å². The van der Waals surface area contributed by atoms with Gasteiger partial charge in [0.15, 0.2) is 5.69 Å². The first kappa shape index (κ1) is 13.9. The summed E-state index contributed by atoms with van der Waals surface area (Å²) in [7, 11) is 3.43. The van der Waals surface area contributed by atoms with E-state index in [4.69, 9.17) is 5.11 Å². The Hall–Kier alpha value is -2.18. The summed E-state index contributed by atoms with van der Waals surface area (Å²) in [6.07, 6.45) is 3.69. The molecule has 1 heterocycles.